The van der Waals surface area contributed by atoms with Crippen molar-refractivity contribution < 1.29 is 9.90 Å². The van der Waals surface area contributed by atoms with Gasteiger partial charge in [-0.25, -0.2) is 0 Å². The van der Waals surface area contributed by atoms with Crippen molar-refractivity contribution in [2.75, 3.05) is 25.0 Å². The smallest absolute Gasteiger partial charge is 0.225 e. The summed E-state index contributed by atoms with van der Waals surface area (Å²) in [6, 6.07) is 7.18. The fraction of sp³-hybridized carbons (Fsp3) is 0.500. The van der Waals surface area contributed by atoms with E-state index in [0.717, 1.165) is 6.42 Å². The Morgan fingerprint density at radius 2 is 2.16 bits per heavy atom. The summed E-state index contributed by atoms with van der Waals surface area (Å²) in [6.07, 6.45) is 1.17. The molecule has 0 radical (unpaired) electrons. The second kappa shape index (κ2) is 5.90. The molecule has 5 heteroatoms. The van der Waals surface area contributed by atoms with Crippen molar-refractivity contribution in [2.24, 2.45) is 0 Å². The molecule has 2 N–H and O–H groups in total. The van der Waals surface area contributed by atoms with Gasteiger partial charge in [0.25, 0.3) is 0 Å². The molecule has 4 nitrogen and oxygen atoms in total. The van der Waals surface area contributed by atoms with Gasteiger partial charge in [-0.05, 0) is 18.6 Å². The summed E-state index contributed by atoms with van der Waals surface area (Å²) >= 11 is 5.97. The highest BCUT2D eigenvalue weighted by molar-refractivity contribution is 6.33. The normalized spacial score (nSPS) is 17.8. The van der Waals surface area contributed by atoms with Gasteiger partial charge in [0, 0.05) is 26.1 Å². The van der Waals surface area contributed by atoms with Gasteiger partial charge in [-0.3, -0.25) is 9.69 Å². The molecular formula is C14H19ClN2O2. The minimum absolute atomic E-state index is 0.0555. The van der Waals surface area contributed by atoms with Crippen LogP contribution in [-0.2, 0) is 4.79 Å². The Kier molecular flexibility index (Phi) is 4.45. The van der Waals surface area contributed by atoms with Gasteiger partial charge < -0.3 is 10.4 Å². The van der Waals surface area contributed by atoms with Crippen LogP contribution in [-0.4, -0.2) is 41.1 Å². The van der Waals surface area contributed by atoms with Gasteiger partial charge in [-0.1, -0.05) is 30.7 Å². The number of nitrogens with one attached hydrogen (secondary N) is 1. The number of para-hydroxylation sites is 1. The minimum Gasteiger partial charge on any atom is -0.387 e. The molecular weight excluding hydrogens is 264 g/mol. The zero-order chi connectivity index (χ0) is 13.9. The molecule has 0 atom stereocenters. The standard InChI is InChI=1S/C14H19ClN2O2/c1-2-14(19)9-17(10-14)8-7-13(18)16-12-6-4-3-5-11(12)15/h3-6,19H,2,7-10H2,1H3,(H,16,18). The first-order valence-corrected chi connectivity index (χ1v) is 6.89. The maximum atomic E-state index is 11.8. The molecule has 1 aliphatic rings. The number of likely N-dealkylation sites (tertiary alicyclic amines) is 1. The number of aliphatic hydroxyl groups is 1. The number of hydrogen-bond donors (Lipinski definition) is 2. The largest absolute Gasteiger partial charge is 0.387 e. The first-order chi connectivity index (χ1) is 9.02. The summed E-state index contributed by atoms with van der Waals surface area (Å²) in [5.74, 6) is -0.0555. The molecule has 1 amide bonds. The molecule has 1 fully saturated rings. The van der Waals surface area contributed by atoms with Crippen molar-refractivity contribution in [3.05, 3.63) is 29.3 Å². The minimum atomic E-state index is -0.542. The third-order valence-corrected chi connectivity index (χ3v) is 3.83. The van der Waals surface area contributed by atoms with E-state index in [4.69, 9.17) is 11.6 Å². The fourth-order valence-electron chi connectivity index (χ4n) is 2.20. The predicted molar refractivity (Wildman–Crippen MR) is 76.4 cm³/mol. The summed E-state index contributed by atoms with van der Waals surface area (Å²) in [5.41, 5.74) is 0.0991. The Morgan fingerprint density at radius 3 is 2.79 bits per heavy atom. The zero-order valence-electron chi connectivity index (χ0n) is 11.0. The van der Waals surface area contributed by atoms with Crippen LogP contribution in [0.5, 0.6) is 0 Å². The molecule has 19 heavy (non-hydrogen) atoms. The molecule has 104 valence electrons. The number of carbonyl (C=O) groups excluding carboxylic acids is 1. The molecule has 1 aromatic rings. The maximum absolute atomic E-state index is 11.8. The van der Waals surface area contributed by atoms with Crippen LogP contribution in [0.1, 0.15) is 19.8 Å². The van der Waals surface area contributed by atoms with Crippen molar-refractivity contribution in [1.82, 2.24) is 4.90 Å². The summed E-state index contributed by atoms with van der Waals surface area (Å²) in [6.45, 7) is 3.95. The van der Waals surface area contributed by atoms with Crippen LogP contribution in [0.3, 0.4) is 0 Å². The Bertz CT molecular complexity index is 459. The van der Waals surface area contributed by atoms with Crippen LogP contribution in [0.2, 0.25) is 5.02 Å². The third-order valence-electron chi connectivity index (χ3n) is 3.50. The Morgan fingerprint density at radius 1 is 1.47 bits per heavy atom. The fourth-order valence-corrected chi connectivity index (χ4v) is 2.39. The lowest BCUT2D eigenvalue weighted by Gasteiger charge is -2.46. The zero-order valence-corrected chi connectivity index (χ0v) is 11.8. The summed E-state index contributed by atoms with van der Waals surface area (Å²) < 4.78 is 0. The number of rotatable bonds is 5. The van der Waals surface area contributed by atoms with Gasteiger partial charge >= 0.3 is 0 Å². The Hall–Kier alpha value is -1.10. The predicted octanol–water partition coefficient (Wildman–Crippen LogP) is 2.13. The second-order valence-electron chi connectivity index (χ2n) is 5.07. The van der Waals surface area contributed by atoms with Crippen molar-refractivity contribution in [1.29, 1.82) is 0 Å². The van der Waals surface area contributed by atoms with Crippen molar-refractivity contribution in [3.63, 3.8) is 0 Å². The molecule has 0 bridgehead atoms. The average molecular weight is 283 g/mol. The summed E-state index contributed by atoms with van der Waals surface area (Å²) in [4.78, 5) is 13.9. The monoisotopic (exact) mass is 282 g/mol. The van der Waals surface area contributed by atoms with E-state index in [1.165, 1.54) is 0 Å². The Labute approximate surface area is 118 Å². The van der Waals surface area contributed by atoms with Crippen LogP contribution in [0.15, 0.2) is 24.3 Å². The molecule has 0 spiro atoms. The molecule has 0 unspecified atom stereocenters. The van der Waals surface area contributed by atoms with Crippen molar-refractivity contribution in [3.8, 4) is 0 Å². The van der Waals surface area contributed by atoms with Gasteiger partial charge in [0.2, 0.25) is 5.91 Å². The molecule has 1 aromatic carbocycles. The first kappa shape index (κ1) is 14.3. The van der Waals surface area contributed by atoms with Crippen molar-refractivity contribution >= 4 is 23.2 Å². The van der Waals surface area contributed by atoms with E-state index >= 15 is 0 Å². The van der Waals surface area contributed by atoms with Crippen LogP contribution >= 0.6 is 11.6 Å². The molecule has 1 aliphatic heterocycles. The molecule has 2 rings (SSSR count). The Balaban J connectivity index is 1.73. The van der Waals surface area contributed by atoms with Gasteiger partial charge in [0.05, 0.1) is 16.3 Å². The van der Waals surface area contributed by atoms with E-state index in [2.05, 4.69) is 10.2 Å². The maximum Gasteiger partial charge on any atom is 0.225 e. The van der Waals surface area contributed by atoms with E-state index < -0.39 is 5.60 Å². The number of β-amino-alcohol motifs (C(OH)–C–C–N with tert-alkyl or cyclic N) is 1. The van der Waals surface area contributed by atoms with E-state index in [0.29, 0.717) is 36.8 Å². The van der Waals surface area contributed by atoms with E-state index in [9.17, 15) is 9.90 Å². The highest BCUT2D eigenvalue weighted by Crippen LogP contribution is 2.24. The second-order valence-corrected chi connectivity index (χ2v) is 5.47. The van der Waals surface area contributed by atoms with E-state index in [1.807, 2.05) is 19.1 Å². The number of halogens is 1. The number of nitrogens with zero attached hydrogens (tertiary/aromatic N) is 1. The number of anilines is 1. The lowest BCUT2D eigenvalue weighted by Crippen LogP contribution is -2.61. The molecule has 1 saturated heterocycles. The molecule has 0 aromatic heterocycles. The number of benzene rings is 1. The van der Waals surface area contributed by atoms with Crippen LogP contribution in [0.25, 0.3) is 0 Å². The first-order valence-electron chi connectivity index (χ1n) is 6.51. The molecule has 0 aliphatic carbocycles. The lowest BCUT2D eigenvalue weighted by atomic mass is 9.91. The third kappa shape index (κ3) is 3.69. The van der Waals surface area contributed by atoms with Gasteiger partial charge in [0.1, 0.15) is 0 Å². The van der Waals surface area contributed by atoms with Crippen LogP contribution in [0.4, 0.5) is 5.69 Å². The van der Waals surface area contributed by atoms with Gasteiger partial charge in [0.15, 0.2) is 0 Å². The molecule has 0 saturated carbocycles. The molecule has 1 heterocycles. The number of carbonyl (C=O) groups is 1. The topological polar surface area (TPSA) is 52.6 Å². The average Bonchev–Trinajstić information content (AvgIpc) is 2.36. The highest BCUT2D eigenvalue weighted by atomic mass is 35.5. The quantitative estimate of drug-likeness (QED) is 0.870. The summed E-state index contributed by atoms with van der Waals surface area (Å²) in [5, 5.41) is 13.2. The van der Waals surface area contributed by atoms with Gasteiger partial charge in [-0.2, -0.15) is 0 Å². The number of hydrogen-bond acceptors (Lipinski definition) is 3. The lowest BCUT2D eigenvalue weighted by molar-refractivity contribution is -0.121. The van der Waals surface area contributed by atoms with E-state index in [-0.39, 0.29) is 5.91 Å². The van der Waals surface area contributed by atoms with E-state index in [1.54, 1.807) is 12.1 Å². The van der Waals surface area contributed by atoms with Crippen molar-refractivity contribution in [2.45, 2.75) is 25.4 Å². The highest BCUT2D eigenvalue weighted by Gasteiger charge is 2.38. The number of amides is 1. The van der Waals surface area contributed by atoms with Crippen LogP contribution < -0.4 is 5.32 Å². The van der Waals surface area contributed by atoms with Crippen LogP contribution in [0, 0.1) is 0 Å². The summed E-state index contributed by atoms with van der Waals surface area (Å²) in [7, 11) is 0. The SMILES string of the molecule is CCC1(O)CN(CCC(=O)Nc2ccccc2Cl)C1. The van der Waals surface area contributed by atoms with Gasteiger partial charge in [-0.15, -0.1) is 0 Å².